The van der Waals surface area contributed by atoms with Crippen molar-refractivity contribution in [2.75, 3.05) is 11.9 Å². The Morgan fingerprint density at radius 3 is 2.89 bits per heavy atom. The maximum atomic E-state index is 11.7. The Bertz CT molecular complexity index is 581. The molecule has 0 saturated heterocycles. The first-order valence-corrected chi connectivity index (χ1v) is 6.57. The SMILES string of the molecule is Cc1cc(NC(=O)CNC(=O)c2cccs2)ccn1. The van der Waals surface area contributed by atoms with Gasteiger partial charge in [0.15, 0.2) is 0 Å². The van der Waals surface area contributed by atoms with Crippen molar-refractivity contribution >= 4 is 28.8 Å². The third kappa shape index (κ3) is 3.89. The zero-order valence-electron chi connectivity index (χ0n) is 10.3. The van der Waals surface area contributed by atoms with E-state index in [9.17, 15) is 9.59 Å². The molecule has 0 spiro atoms. The fourth-order valence-corrected chi connectivity index (χ4v) is 2.12. The van der Waals surface area contributed by atoms with Crippen LogP contribution in [0.4, 0.5) is 5.69 Å². The number of aromatic nitrogens is 1. The van der Waals surface area contributed by atoms with Crippen molar-refractivity contribution < 1.29 is 9.59 Å². The maximum absolute atomic E-state index is 11.7. The van der Waals surface area contributed by atoms with Crippen molar-refractivity contribution in [3.63, 3.8) is 0 Å². The van der Waals surface area contributed by atoms with Crippen LogP contribution in [0.5, 0.6) is 0 Å². The minimum absolute atomic E-state index is 0.0574. The van der Waals surface area contributed by atoms with Crippen molar-refractivity contribution in [2.24, 2.45) is 0 Å². The van der Waals surface area contributed by atoms with E-state index in [1.165, 1.54) is 11.3 Å². The summed E-state index contributed by atoms with van der Waals surface area (Å²) in [4.78, 5) is 27.9. The fourth-order valence-electron chi connectivity index (χ4n) is 1.48. The lowest BCUT2D eigenvalue weighted by Crippen LogP contribution is -2.32. The molecule has 2 rings (SSSR count). The van der Waals surface area contributed by atoms with E-state index in [1.807, 2.05) is 12.3 Å². The summed E-state index contributed by atoms with van der Waals surface area (Å²) in [5, 5.41) is 7.07. The monoisotopic (exact) mass is 275 g/mol. The molecule has 0 atom stereocenters. The first-order valence-electron chi connectivity index (χ1n) is 5.69. The molecule has 0 aliphatic carbocycles. The number of anilines is 1. The first kappa shape index (κ1) is 13.2. The molecule has 2 N–H and O–H groups in total. The van der Waals surface area contributed by atoms with Gasteiger partial charge in [0.25, 0.3) is 5.91 Å². The molecule has 19 heavy (non-hydrogen) atoms. The molecule has 5 nitrogen and oxygen atoms in total. The van der Waals surface area contributed by atoms with Gasteiger partial charge in [0, 0.05) is 17.6 Å². The zero-order valence-corrected chi connectivity index (χ0v) is 11.2. The molecule has 0 aromatic carbocycles. The van der Waals surface area contributed by atoms with Crippen molar-refractivity contribution in [1.82, 2.24) is 10.3 Å². The van der Waals surface area contributed by atoms with Crippen LogP contribution >= 0.6 is 11.3 Å². The molecule has 2 amide bonds. The topological polar surface area (TPSA) is 71.1 Å². The van der Waals surface area contributed by atoms with Crippen LogP contribution in [0.25, 0.3) is 0 Å². The van der Waals surface area contributed by atoms with E-state index in [1.54, 1.807) is 30.5 Å². The van der Waals surface area contributed by atoms with Crippen LogP contribution in [0.2, 0.25) is 0 Å². The third-order valence-electron chi connectivity index (χ3n) is 2.33. The second kappa shape index (κ2) is 6.10. The molecule has 2 heterocycles. The summed E-state index contributed by atoms with van der Waals surface area (Å²) in [6.07, 6.45) is 1.62. The minimum atomic E-state index is -0.268. The van der Waals surface area contributed by atoms with Crippen LogP contribution in [0, 0.1) is 6.92 Å². The minimum Gasteiger partial charge on any atom is -0.342 e. The van der Waals surface area contributed by atoms with E-state index in [2.05, 4.69) is 15.6 Å². The van der Waals surface area contributed by atoms with Gasteiger partial charge in [-0.15, -0.1) is 11.3 Å². The van der Waals surface area contributed by atoms with Gasteiger partial charge in [0.1, 0.15) is 0 Å². The predicted octanol–water partition coefficient (Wildman–Crippen LogP) is 1.82. The molecular weight excluding hydrogens is 262 g/mol. The Morgan fingerprint density at radius 1 is 1.37 bits per heavy atom. The lowest BCUT2D eigenvalue weighted by atomic mass is 10.3. The summed E-state index contributed by atoms with van der Waals surface area (Å²) in [7, 11) is 0. The summed E-state index contributed by atoms with van der Waals surface area (Å²) in [5.41, 5.74) is 1.49. The number of hydrogen-bond acceptors (Lipinski definition) is 4. The second-order valence-corrected chi connectivity index (χ2v) is 4.84. The van der Waals surface area contributed by atoms with Crippen molar-refractivity contribution in [2.45, 2.75) is 6.92 Å². The third-order valence-corrected chi connectivity index (χ3v) is 3.20. The van der Waals surface area contributed by atoms with E-state index in [-0.39, 0.29) is 18.4 Å². The molecule has 0 unspecified atom stereocenters. The summed E-state index contributed by atoms with van der Waals surface area (Å²) >= 11 is 1.34. The van der Waals surface area contributed by atoms with Gasteiger partial charge < -0.3 is 10.6 Å². The lowest BCUT2D eigenvalue weighted by Gasteiger charge is -2.06. The fraction of sp³-hybridized carbons (Fsp3) is 0.154. The number of rotatable bonds is 4. The highest BCUT2D eigenvalue weighted by Gasteiger charge is 2.08. The van der Waals surface area contributed by atoms with Gasteiger partial charge in [-0.05, 0) is 30.5 Å². The number of nitrogens with one attached hydrogen (secondary N) is 2. The molecule has 0 aliphatic heterocycles. The molecule has 0 radical (unpaired) electrons. The van der Waals surface area contributed by atoms with Gasteiger partial charge in [-0.25, -0.2) is 0 Å². The van der Waals surface area contributed by atoms with E-state index in [4.69, 9.17) is 0 Å². The Balaban J connectivity index is 1.83. The highest BCUT2D eigenvalue weighted by atomic mass is 32.1. The van der Waals surface area contributed by atoms with Crippen LogP contribution in [-0.4, -0.2) is 23.3 Å². The van der Waals surface area contributed by atoms with Crippen molar-refractivity contribution in [3.8, 4) is 0 Å². The molecule has 2 aromatic rings. The number of carbonyl (C=O) groups excluding carboxylic acids is 2. The maximum Gasteiger partial charge on any atom is 0.261 e. The smallest absolute Gasteiger partial charge is 0.261 e. The van der Waals surface area contributed by atoms with Crippen LogP contribution in [0.3, 0.4) is 0 Å². The molecule has 98 valence electrons. The quantitative estimate of drug-likeness (QED) is 0.894. The number of nitrogens with zero attached hydrogens (tertiary/aromatic N) is 1. The first-order chi connectivity index (χ1) is 9.15. The van der Waals surface area contributed by atoms with Crippen LogP contribution in [0.1, 0.15) is 15.4 Å². The standard InChI is InChI=1S/C13H13N3O2S/c1-9-7-10(4-5-14-9)16-12(17)8-15-13(18)11-3-2-6-19-11/h2-7H,8H2,1H3,(H,15,18)(H,14,16,17). The van der Waals surface area contributed by atoms with Crippen LogP contribution < -0.4 is 10.6 Å². The van der Waals surface area contributed by atoms with Gasteiger partial charge >= 0.3 is 0 Å². The average molecular weight is 275 g/mol. The Morgan fingerprint density at radius 2 is 2.21 bits per heavy atom. The Hall–Kier alpha value is -2.21. The Labute approximate surface area is 114 Å². The number of aryl methyl sites for hydroxylation is 1. The molecule has 2 aromatic heterocycles. The van der Waals surface area contributed by atoms with E-state index in [0.717, 1.165) is 5.69 Å². The average Bonchev–Trinajstić information content (AvgIpc) is 2.90. The lowest BCUT2D eigenvalue weighted by molar-refractivity contribution is -0.115. The summed E-state index contributed by atoms with van der Waals surface area (Å²) in [6, 6.07) is 6.97. The number of hydrogen-bond donors (Lipinski definition) is 2. The molecule has 0 fully saturated rings. The number of thiophene rings is 1. The number of pyridine rings is 1. The molecule has 0 bridgehead atoms. The number of amides is 2. The van der Waals surface area contributed by atoms with Crippen molar-refractivity contribution in [1.29, 1.82) is 0 Å². The molecule has 6 heteroatoms. The van der Waals surface area contributed by atoms with Crippen molar-refractivity contribution in [3.05, 3.63) is 46.4 Å². The van der Waals surface area contributed by atoms with Gasteiger partial charge in [-0.2, -0.15) is 0 Å². The second-order valence-electron chi connectivity index (χ2n) is 3.89. The highest BCUT2D eigenvalue weighted by molar-refractivity contribution is 7.12. The highest BCUT2D eigenvalue weighted by Crippen LogP contribution is 2.08. The summed E-state index contributed by atoms with van der Waals surface area (Å²) < 4.78 is 0. The van der Waals surface area contributed by atoms with Gasteiger partial charge in [0.2, 0.25) is 5.91 Å². The molecule has 0 aliphatic rings. The summed E-state index contributed by atoms with van der Waals surface area (Å²) in [5.74, 6) is -0.508. The van der Waals surface area contributed by atoms with E-state index >= 15 is 0 Å². The normalized spacial score (nSPS) is 9.95. The van der Waals surface area contributed by atoms with E-state index < -0.39 is 0 Å². The predicted molar refractivity (Wildman–Crippen MR) is 74.3 cm³/mol. The molecule has 0 saturated carbocycles. The summed E-state index contributed by atoms with van der Waals surface area (Å²) in [6.45, 7) is 1.78. The van der Waals surface area contributed by atoms with Crippen LogP contribution in [0.15, 0.2) is 35.8 Å². The largest absolute Gasteiger partial charge is 0.342 e. The van der Waals surface area contributed by atoms with E-state index in [0.29, 0.717) is 10.6 Å². The van der Waals surface area contributed by atoms with Gasteiger partial charge in [0.05, 0.1) is 11.4 Å². The zero-order chi connectivity index (χ0) is 13.7. The van der Waals surface area contributed by atoms with Gasteiger partial charge in [-0.3, -0.25) is 14.6 Å². The number of carbonyl (C=O) groups is 2. The molecular formula is C13H13N3O2S. The van der Waals surface area contributed by atoms with Crippen LogP contribution in [-0.2, 0) is 4.79 Å². The Kier molecular flexibility index (Phi) is 4.25. The van der Waals surface area contributed by atoms with Gasteiger partial charge in [-0.1, -0.05) is 6.07 Å².